The Bertz CT molecular complexity index is 703. The summed E-state index contributed by atoms with van der Waals surface area (Å²) in [7, 11) is 3.41. The van der Waals surface area contributed by atoms with Gasteiger partial charge in [-0.25, -0.2) is 9.36 Å². The number of rotatable bonds is 17. The first kappa shape index (κ1) is 29.9. The van der Waals surface area contributed by atoms with E-state index in [1.54, 1.807) is 4.90 Å². The van der Waals surface area contributed by atoms with Gasteiger partial charge in [0.15, 0.2) is 12.4 Å². The summed E-state index contributed by atoms with van der Waals surface area (Å²) in [4.78, 5) is 25.5. The molecule has 0 unspecified atom stereocenters. The van der Waals surface area contributed by atoms with Gasteiger partial charge in [0.05, 0.1) is 13.5 Å². The molecule has 0 aromatic carbocycles. The summed E-state index contributed by atoms with van der Waals surface area (Å²) in [6, 6.07) is 4.25. The van der Waals surface area contributed by atoms with Crippen LogP contribution < -0.4 is 4.57 Å². The van der Waals surface area contributed by atoms with E-state index >= 15 is 0 Å². The molecule has 7 heteroatoms. The molecule has 194 valence electrons. The number of aromatic nitrogens is 1. The number of hydrogen-bond acceptors (Lipinski definition) is 5. The fraction of sp³-hybridized carbons (Fsp3) is 0.741. The highest BCUT2D eigenvalue weighted by Gasteiger charge is 2.22. The van der Waals surface area contributed by atoms with Gasteiger partial charge in [-0.05, 0) is 52.5 Å². The minimum atomic E-state index is -0.551. The second-order valence-corrected chi connectivity index (χ2v) is 9.86. The minimum Gasteiger partial charge on any atom is -0.469 e. The van der Waals surface area contributed by atoms with Crippen molar-refractivity contribution in [2.45, 2.75) is 90.6 Å². The van der Waals surface area contributed by atoms with E-state index in [4.69, 9.17) is 14.2 Å². The van der Waals surface area contributed by atoms with E-state index in [1.807, 2.05) is 34.0 Å². The zero-order chi connectivity index (χ0) is 25.2. The summed E-state index contributed by atoms with van der Waals surface area (Å²) in [6.45, 7) is 8.13. The normalized spacial score (nSPS) is 11.3. The van der Waals surface area contributed by atoms with Gasteiger partial charge in [-0.3, -0.25) is 4.79 Å². The molecule has 1 aromatic heterocycles. The maximum Gasteiger partial charge on any atom is 0.410 e. The van der Waals surface area contributed by atoms with E-state index in [2.05, 4.69) is 22.9 Å². The van der Waals surface area contributed by atoms with Gasteiger partial charge < -0.3 is 19.1 Å². The van der Waals surface area contributed by atoms with E-state index in [0.29, 0.717) is 13.1 Å². The van der Waals surface area contributed by atoms with E-state index in [1.165, 1.54) is 31.9 Å². The average Bonchev–Trinajstić information content (AvgIpc) is 2.77. The molecule has 0 aliphatic heterocycles. The smallest absolute Gasteiger partial charge is 0.410 e. The number of hydrogen-bond donors (Lipinski definition) is 0. The molecule has 0 atom stereocenters. The van der Waals surface area contributed by atoms with Gasteiger partial charge in [-0.15, -0.1) is 0 Å². The standard InChI is InChI=1S/C27H47N2O5/c1-27(2,3)34-26(31)29(20-17-25(30)32-5)19-11-9-7-6-8-10-12-21-33-22-14-16-24-15-13-18-28(4)23-24/h13,15,18,23H,6-12,14,16-17,19-22H2,1-5H3/q+1. The van der Waals surface area contributed by atoms with Crippen LogP contribution in [0.25, 0.3) is 0 Å². The second-order valence-electron chi connectivity index (χ2n) is 9.86. The first-order valence-electron chi connectivity index (χ1n) is 12.8. The van der Waals surface area contributed by atoms with E-state index in [9.17, 15) is 9.59 Å². The molecule has 0 fully saturated rings. The maximum atomic E-state index is 12.4. The largest absolute Gasteiger partial charge is 0.469 e. The lowest BCUT2D eigenvalue weighted by atomic mass is 10.1. The van der Waals surface area contributed by atoms with E-state index in [0.717, 1.165) is 51.7 Å². The van der Waals surface area contributed by atoms with Crippen LogP contribution in [0.1, 0.15) is 84.1 Å². The summed E-state index contributed by atoms with van der Waals surface area (Å²) >= 11 is 0. The molecule has 1 heterocycles. The van der Waals surface area contributed by atoms with Crippen molar-refractivity contribution in [2.75, 3.05) is 33.4 Å². The highest BCUT2D eigenvalue weighted by Crippen LogP contribution is 2.13. The highest BCUT2D eigenvalue weighted by atomic mass is 16.6. The Labute approximate surface area is 206 Å². The van der Waals surface area contributed by atoms with Crippen LogP contribution in [0, 0.1) is 0 Å². The molecule has 0 saturated carbocycles. The first-order valence-corrected chi connectivity index (χ1v) is 12.8. The summed E-state index contributed by atoms with van der Waals surface area (Å²) in [6.07, 6.45) is 14.0. The quantitative estimate of drug-likeness (QED) is 0.179. The third-order valence-electron chi connectivity index (χ3n) is 5.44. The van der Waals surface area contributed by atoms with Crippen LogP contribution in [0.4, 0.5) is 4.79 Å². The van der Waals surface area contributed by atoms with Crippen LogP contribution in [0.3, 0.4) is 0 Å². The molecule has 0 radical (unpaired) electrons. The predicted molar refractivity (Wildman–Crippen MR) is 134 cm³/mol. The number of carbonyl (C=O) groups excluding carboxylic acids is 2. The van der Waals surface area contributed by atoms with Gasteiger partial charge in [0.2, 0.25) is 0 Å². The Morgan fingerprint density at radius 3 is 2.24 bits per heavy atom. The number of ether oxygens (including phenoxy) is 3. The lowest BCUT2D eigenvalue weighted by Gasteiger charge is -2.27. The number of pyridine rings is 1. The minimum absolute atomic E-state index is 0.183. The molecule has 0 aliphatic rings. The van der Waals surface area contributed by atoms with Crippen molar-refractivity contribution >= 4 is 12.1 Å². The Balaban J connectivity index is 2.05. The summed E-state index contributed by atoms with van der Waals surface area (Å²) < 4.78 is 18.0. The molecule has 1 rings (SSSR count). The number of esters is 1. The molecule has 1 amide bonds. The van der Waals surface area contributed by atoms with Gasteiger partial charge in [-0.1, -0.05) is 32.1 Å². The molecule has 7 nitrogen and oxygen atoms in total. The Kier molecular flexibility index (Phi) is 15.2. The topological polar surface area (TPSA) is 69.0 Å². The molecule has 34 heavy (non-hydrogen) atoms. The Hall–Kier alpha value is -2.15. The van der Waals surface area contributed by atoms with Crippen molar-refractivity contribution in [1.29, 1.82) is 0 Å². The summed E-state index contributed by atoms with van der Waals surface area (Å²) in [5.74, 6) is -0.317. The molecule has 1 aromatic rings. The van der Waals surface area contributed by atoms with Crippen LogP contribution in [-0.4, -0.2) is 56.0 Å². The van der Waals surface area contributed by atoms with Crippen molar-refractivity contribution in [1.82, 2.24) is 4.90 Å². The van der Waals surface area contributed by atoms with Gasteiger partial charge in [0.1, 0.15) is 12.6 Å². The zero-order valence-electron chi connectivity index (χ0n) is 22.1. The van der Waals surface area contributed by atoms with Crippen LogP contribution in [0.15, 0.2) is 24.5 Å². The number of amides is 1. The van der Waals surface area contributed by atoms with Crippen LogP contribution in [0.5, 0.6) is 0 Å². The van der Waals surface area contributed by atoms with Gasteiger partial charge in [0, 0.05) is 37.9 Å². The molecule has 0 spiro atoms. The summed E-state index contributed by atoms with van der Waals surface area (Å²) in [5, 5.41) is 0. The highest BCUT2D eigenvalue weighted by molar-refractivity contribution is 5.72. The van der Waals surface area contributed by atoms with Crippen molar-refractivity contribution < 1.29 is 28.4 Å². The number of carbonyl (C=O) groups is 2. The SMILES string of the molecule is COC(=O)CCN(CCCCCCCCCOCCCc1ccc[n+](C)c1)C(=O)OC(C)(C)C. The third-order valence-corrected chi connectivity index (χ3v) is 5.44. The first-order chi connectivity index (χ1) is 16.2. The number of aryl methyl sites for hydroxylation is 2. The molecular formula is C27H47N2O5+. The molecule has 0 aliphatic carbocycles. The van der Waals surface area contributed by atoms with Crippen molar-refractivity contribution in [3.63, 3.8) is 0 Å². The zero-order valence-corrected chi connectivity index (χ0v) is 22.1. The van der Waals surface area contributed by atoms with Gasteiger partial charge in [-0.2, -0.15) is 0 Å². The van der Waals surface area contributed by atoms with Gasteiger partial charge in [0.25, 0.3) is 0 Å². The van der Waals surface area contributed by atoms with Crippen molar-refractivity contribution in [2.24, 2.45) is 7.05 Å². The fourth-order valence-electron chi connectivity index (χ4n) is 3.62. The molecule has 0 bridgehead atoms. The lowest BCUT2D eigenvalue weighted by Crippen LogP contribution is -2.38. The predicted octanol–water partition coefficient (Wildman–Crippen LogP) is 4.99. The molecule has 0 N–H and O–H groups in total. The number of methoxy groups -OCH3 is 1. The Morgan fingerprint density at radius 1 is 0.941 bits per heavy atom. The Morgan fingerprint density at radius 2 is 1.59 bits per heavy atom. The van der Waals surface area contributed by atoms with Crippen LogP contribution in [0.2, 0.25) is 0 Å². The maximum absolute atomic E-state index is 12.4. The van der Waals surface area contributed by atoms with Crippen molar-refractivity contribution in [3.8, 4) is 0 Å². The number of unbranched alkanes of at least 4 members (excludes halogenated alkanes) is 6. The van der Waals surface area contributed by atoms with Gasteiger partial charge >= 0.3 is 12.1 Å². The summed E-state index contributed by atoms with van der Waals surface area (Å²) in [5.41, 5.74) is 0.802. The fourth-order valence-corrected chi connectivity index (χ4v) is 3.62. The van der Waals surface area contributed by atoms with Crippen LogP contribution >= 0.6 is 0 Å². The third kappa shape index (κ3) is 15.6. The lowest BCUT2D eigenvalue weighted by molar-refractivity contribution is -0.671. The van der Waals surface area contributed by atoms with Crippen molar-refractivity contribution in [3.05, 3.63) is 30.1 Å². The molecular weight excluding hydrogens is 432 g/mol. The van der Waals surface area contributed by atoms with E-state index < -0.39 is 5.60 Å². The molecule has 0 saturated heterocycles. The number of nitrogens with zero attached hydrogens (tertiary/aromatic N) is 2. The van der Waals surface area contributed by atoms with E-state index in [-0.39, 0.29) is 18.5 Å². The van der Waals surface area contributed by atoms with Crippen LogP contribution in [-0.2, 0) is 32.5 Å². The average molecular weight is 480 g/mol. The second kappa shape index (κ2) is 17.3. The monoisotopic (exact) mass is 479 g/mol.